The smallest absolute Gasteiger partial charge is 0.415 e. The lowest BCUT2D eigenvalue weighted by molar-refractivity contribution is -0.150. The van der Waals surface area contributed by atoms with E-state index in [9.17, 15) is 36.6 Å². The lowest BCUT2D eigenvalue weighted by Crippen LogP contribution is -2.37. The third-order valence-electron chi connectivity index (χ3n) is 5.61. The normalized spacial score (nSPS) is 12.2. The first kappa shape index (κ1) is 31.8. The molecule has 0 aliphatic rings. The van der Waals surface area contributed by atoms with Crippen LogP contribution in [0.15, 0.2) is 42.5 Å². The largest absolute Gasteiger partial charge is 0.492 e. The highest BCUT2D eigenvalue weighted by Gasteiger charge is 2.26. The fourth-order valence-electron chi connectivity index (χ4n) is 3.61. The predicted octanol–water partition coefficient (Wildman–Crippen LogP) is 6.39. The van der Waals surface area contributed by atoms with E-state index in [0.29, 0.717) is 25.0 Å². The van der Waals surface area contributed by atoms with Crippen molar-refractivity contribution >= 4 is 12.1 Å². The van der Waals surface area contributed by atoms with Crippen LogP contribution < -0.4 is 9.47 Å². The van der Waals surface area contributed by atoms with Crippen molar-refractivity contribution in [2.45, 2.75) is 57.7 Å². The van der Waals surface area contributed by atoms with Crippen LogP contribution in [0.3, 0.4) is 0 Å². The molecule has 0 heterocycles. The Morgan fingerprint density at radius 3 is 2.21 bits per heavy atom. The summed E-state index contributed by atoms with van der Waals surface area (Å²) in [5.41, 5.74) is 0.727. The number of amides is 1. The van der Waals surface area contributed by atoms with Gasteiger partial charge < -0.3 is 24.2 Å². The molecule has 7 nitrogen and oxygen atoms in total. The van der Waals surface area contributed by atoms with Gasteiger partial charge in [-0.25, -0.2) is 18.4 Å². The maximum atomic E-state index is 13.5. The van der Waals surface area contributed by atoms with Gasteiger partial charge in [-0.05, 0) is 49.6 Å². The van der Waals surface area contributed by atoms with Crippen molar-refractivity contribution in [3.63, 3.8) is 0 Å². The molecule has 0 radical (unpaired) electrons. The number of benzene rings is 2. The van der Waals surface area contributed by atoms with Crippen molar-refractivity contribution in [1.29, 1.82) is 0 Å². The summed E-state index contributed by atoms with van der Waals surface area (Å²) in [5.74, 6) is -3.08. The van der Waals surface area contributed by atoms with Crippen LogP contribution in [0.2, 0.25) is 0 Å². The van der Waals surface area contributed by atoms with Gasteiger partial charge in [0, 0.05) is 32.1 Å². The van der Waals surface area contributed by atoms with E-state index in [-0.39, 0.29) is 44.9 Å². The molecule has 2 aromatic carbocycles. The second-order valence-electron chi connectivity index (χ2n) is 8.69. The van der Waals surface area contributed by atoms with E-state index in [0.717, 1.165) is 23.8 Å². The summed E-state index contributed by atoms with van der Waals surface area (Å²) in [4.78, 5) is 25.2. The molecule has 0 saturated carbocycles. The Kier molecular flexibility index (Phi) is 12.9. The van der Waals surface area contributed by atoms with Gasteiger partial charge in [-0.1, -0.05) is 25.0 Å². The van der Waals surface area contributed by atoms with Crippen molar-refractivity contribution in [2.75, 3.05) is 26.3 Å². The monoisotopic (exact) mass is 561 g/mol. The van der Waals surface area contributed by atoms with Crippen molar-refractivity contribution in [3.05, 3.63) is 59.7 Å². The predicted molar refractivity (Wildman–Crippen MR) is 132 cm³/mol. The molecule has 0 aromatic heterocycles. The Morgan fingerprint density at radius 1 is 0.923 bits per heavy atom. The van der Waals surface area contributed by atoms with E-state index in [2.05, 4.69) is 0 Å². The van der Waals surface area contributed by atoms with Gasteiger partial charge in [0.05, 0.1) is 6.54 Å². The van der Waals surface area contributed by atoms with E-state index in [1.54, 1.807) is 31.2 Å². The summed E-state index contributed by atoms with van der Waals surface area (Å²) in [7, 11) is 0. The lowest BCUT2D eigenvalue weighted by atomic mass is 10.1. The molecular formula is C27H32F5NO6. The number of halogens is 5. The molecule has 12 heteroatoms. The van der Waals surface area contributed by atoms with Gasteiger partial charge in [0.15, 0.2) is 17.7 Å². The number of carbonyl (C=O) groups is 2. The Bertz CT molecular complexity index is 1050. The highest BCUT2D eigenvalue weighted by Crippen LogP contribution is 2.23. The number of carboxylic acid groups (broad SMARTS) is 1. The average molecular weight is 562 g/mol. The first-order valence-corrected chi connectivity index (χ1v) is 12.5. The summed E-state index contributed by atoms with van der Waals surface area (Å²) in [5, 5.41) is 9.22. The van der Waals surface area contributed by atoms with Gasteiger partial charge >= 0.3 is 18.2 Å². The number of nitrogens with zero attached hydrogens (tertiary/aromatic N) is 1. The Hall–Kier alpha value is -3.41. The number of carbonyl (C=O) groups excluding carboxylic acids is 1. The fraction of sp³-hybridized carbons (Fsp3) is 0.481. The van der Waals surface area contributed by atoms with E-state index < -0.39 is 42.4 Å². The third kappa shape index (κ3) is 12.3. The van der Waals surface area contributed by atoms with E-state index in [1.807, 2.05) is 0 Å². The highest BCUT2D eigenvalue weighted by atomic mass is 19.4. The van der Waals surface area contributed by atoms with Gasteiger partial charge in [-0.2, -0.15) is 13.2 Å². The number of aliphatic carboxylic acids is 1. The quantitative estimate of drug-likeness (QED) is 0.189. The topological polar surface area (TPSA) is 85.3 Å². The Morgan fingerprint density at radius 2 is 1.59 bits per heavy atom. The molecule has 0 fully saturated rings. The fourth-order valence-corrected chi connectivity index (χ4v) is 3.61. The molecule has 0 bridgehead atoms. The van der Waals surface area contributed by atoms with Gasteiger partial charge in [-0.15, -0.1) is 0 Å². The SMILES string of the molecule is CCOC(Cc1ccc(OCCN(CCCCCCC(F)(F)F)C(=O)Oc2ccc(F)c(F)c2)cc1)C(=O)O. The maximum absolute atomic E-state index is 13.5. The zero-order valence-electron chi connectivity index (χ0n) is 21.5. The first-order valence-electron chi connectivity index (χ1n) is 12.5. The molecule has 1 unspecified atom stereocenters. The average Bonchev–Trinajstić information content (AvgIpc) is 2.87. The first-order chi connectivity index (χ1) is 18.5. The standard InChI is InChI=1S/C27H32F5NO6/c1-2-37-24(25(34)35)17-19-7-9-20(10-8-19)38-16-15-33(14-6-4-3-5-13-27(30,31)32)26(36)39-21-11-12-22(28)23(29)18-21/h7-12,18,24H,2-6,13-17H2,1H3,(H,34,35). The number of rotatable bonds is 16. The minimum Gasteiger partial charge on any atom is -0.492 e. The third-order valence-corrected chi connectivity index (χ3v) is 5.61. The van der Waals surface area contributed by atoms with Crippen molar-refractivity contribution in [3.8, 4) is 11.5 Å². The number of alkyl halides is 3. The van der Waals surface area contributed by atoms with Crippen LogP contribution in [-0.2, 0) is 16.0 Å². The minimum atomic E-state index is -4.21. The molecule has 1 atom stereocenters. The van der Waals surface area contributed by atoms with Crippen LogP contribution in [0, 0.1) is 11.6 Å². The summed E-state index contributed by atoms with van der Waals surface area (Å²) >= 11 is 0. The maximum Gasteiger partial charge on any atom is 0.415 e. The van der Waals surface area contributed by atoms with Gasteiger partial charge in [0.2, 0.25) is 0 Å². The Labute approximate surface area is 223 Å². The van der Waals surface area contributed by atoms with Crippen LogP contribution in [0.5, 0.6) is 11.5 Å². The van der Waals surface area contributed by atoms with E-state index >= 15 is 0 Å². The van der Waals surface area contributed by atoms with Gasteiger partial charge in [0.25, 0.3) is 0 Å². The molecule has 1 amide bonds. The van der Waals surface area contributed by atoms with Crippen LogP contribution in [0.25, 0.3) is 0 Å². The Balaban J connectivity index is 1.92. The van der Waals surface area contributed by atoms with Crippen molar-refractivity contribution in [1.82, 2.24) is 4.90 Å². The van der Waals surface area contributed by atoms with E-state index in [1.165, 1.54) is 4.90 Å². The summed E-state index contributed by atoms with van der Waals surface area (Å²) in [6, 6.07) is 9.34. The van der Waals surface area contributed by atoms with Crippen LogP contribution >= 0.6 is 0 Å². The van der Waals surface area contributed by atoms with E-state index in [4.69, 9.17) is 14.2 Å². The molecule has 2 rings (SSSR count). The van der Waals surface area contributed by atoms with Gasteiger partial charge in [-0.3, -0.25) is 0 Å². The number of hydrogen-bond acceptors (Lipinski definition) is 5. The van der Waals surface area contributed by atoms with Crippen molar-refractivity contribution < 1.29 is 50.9 Å². The summed E-state index contributed by atoms with van der Waals surface area (Å²) in [6.07, 6.45) is -5.54. The molecule has 0 aliphatic heterocycles. The lowest BCUT2D eigenvalue weighted by Gasteiger charge is -2.22. The number of ether oxygens (including phenoxy) is 3. The second kappa shape index (κ2) is 15.9. The second-order valence-corrected chi connectivity index (χ2v) is 8.69. The zero-order valence-corrected chi connectivity index (χ0v) is 21.5. The molecule has 1 N–H and O–H groups in total. The van der Waals surface area contributed by atoms with Crippen LogP contribution in [-0.4, -0.2) is 60.7 Å². The van der Waals surface area contributed by atoms with Crippen molar-refractivity contribution in [2.24, 2.45) is 0 Å². The molecule has 2 aromatic rings. The van der Waals surface area contributed by atoms with Crippen LogP contribution in [0.4, 0.5) is 26.7 Å². The molecule has 0 saturated heterocycles. The van der Waals surface area contributed by atoms with Crippen LogP contribution in [0.1, 0.15) is 44.6 Å². The molecule has 0 spiro atoms. The number of carboxylic acids is 1. The minimum absolute atomic E-state index is 0.0142. The highest BCUT2D eigenvalue weighted by molar-refractivity contribution is 5.72. The zero-order chi connectivity index (χ0) is 28.8. The molecule has 39 heavy (non-hydrogen) atoms. The summed E-state index contributed by atoms with van der Waals surface area (Å²) < 4.78 is 79.6. The number of hydrogen-bond donors (Lipinski definition) is 1. The molecule has 0 aliphatic carbocycles. The van der Waals surface area contributed by atoms with Gasteiger partial charge in [0.1, 0.15) is 18.1 Å². The molecule has 216 valence electrons. The molecular weight excluding hydrogens is 529 g/mol. The number of unbranched alkanes of at least 4 members (excludes halogenated alkanes) is 3. The summed E-state index contributed by atoms with van der Waals surface area (Å²) in [6.45, 7) is 2.22.